The fourth-order valence-electron chi connectivity index (χ4n) is 15.4. The van der Waals surface area contributed by atoms with Gasteiger partial charge in [-0.1, -0.05) is 113 Å². The zero-order valence-corrected chi connectivity index (χ0v) is 86.4. The summed E-state index contributed by atoms with van der Waals surface area (Å²) in [6.45, 7) is 1.49. The van der Waals surface area contributed by atoms with Crippen LogP contribution in [0.15, 0.2) is 236 Å². The quantitative estimate of drug-likeness (QED) is 0.0211. The standard InChI is InChI=1S/C24H18ClN3O7S3.C24H20ClN3O5S2.C23H18BrClN2O5S2.C23H18Cl2N2O5S2/c1-13-26-19-9-15-10-22(30)28(24(31)18(15)11-20(19)38(34,35)27-13)16-4-2-14(3-5-16)8-17(29)12-37(32,33)23-7-6-21(25)36-23;1-27-23(26)15-4-7-19-16(11-15)12-21(30)28(24(19)31)17-5-2-14(3-6-17)10-18(29)13-35(32,33)22-9-8-20(25)34-22;2*1-26-19-9-14-10-21(29)27(23(30)17(14)11-18(19)24)15-4-2-13(3-5-15)8-16(28)12-34(31,32)22-7-6-20(25)33-22/h2-7,9,11H,8,10,12H2,1H3,(H,26,27);2-9,11H,10,12-13H2,1H3,(H2,26,27);2*2-7,9,11,26H,8,10,12H2,1H3. The predicted octanol–water partition coefficient (Wildman–Crippen LogP) is 15.2. The number of hydrogen-bond acceptors (Lipinski definition) is 30. The highest BCUT2D eigenvalue weighted by atomic mass is 79.9. The van der Waals surface area contributed by atoms with E-state index >= 15 is 0 Å². The molecule has 0 fully saturated rings. The summed E-state index contributed by atoms with van der Waals surface area (Å²) < 4.78 is 130. The van der Waals surface area contributed by atoms with Gasteiger partial charge in [-0.2, -0.15) is 8.42 Å². The molecule has 0 bridgehead atoms. The van der Waals surface area contributed by atoms with Gasteiger partial charge in [0, 0.05) is 84.8 Å². The van der Waals surface area contributed by atoms with E-state index < -0.39 is 131 Å². The fourth-order valence-corrected chi connectivity index (χ4v) is 28.6. The molecule has 5 aliphatic rings. The van der Waals surface area contributed by atoms with E-state index in [1.165, 1.54) is 91.9 Å². The number of halogens is 6. The molecular formula is C94H74BrCl5N10O22S9. The van der Waals surface area contributed by atoms with Crippen LogP contribution in [-0.4, -0.2) is 168 Å². The molecule has 17 rings (SSSR count). The summed E-state index contributed by atoms with van der Waals surface area (Å²) in [4.78, 5) is 161. The second-order valence-electron chi connectivity index (χ2n) is 31.9. The molecule has 0 atom stereocenters. The molecule has 0 radical (unpaired) electrons. The molecule has 141 heavy (non-hydrogen) atoms. The van der Waals surface area contributed by atoms with E-state index in [1.807, 2.05) is 0 Å². The molecule has 47 heteroatoms. The van der Waals surface area contributed by atoms with E-state index in [9.17, 15) is 99.6 Å². The summed E-state index contributed by atoms with van der Waals surface area (Å²) in [5.74, 6) is -7.76. The Labute approximate surface area is 856 Å². The maximum absolute atomic E-state index is 13.3. The Morgan fingerprint density at radius 1 is 0.411 bits per heavy atom. The molecule has 0 aliphatic carbocycles. The molecule has 728 valence electrons. The molecule has 0 spiro atoms. The van der Waals surface area contributed by atoms with E-state index in [0.29, 0.717) is 122 Å². The minimum Gasteiger partial charge on any atom is -0.387 e. The van der Waals surface area contributed by atoms with E-state index in [0.717, 1.165) is 70.6 Å². The molecule has 8 amide bonds. The number of nitrogens with zero attached hydrogens (tertiary/aromatic N) is 6. The van der Waals surface area contributed by atoms with Crippen LogP contribution >= 0.6 is 119 Å². The molecule has 0 saturated heterocycles. The van der Waals surface area contributed by atoms with Crippen LogP contribution < -0.4 is 41.3 Å². The lowest BCUT2D eigenvalue weighted by atomic mass is 9.95. The van der Waals surface area contributed by atoms with Crippen molar-refractivity contribution in [2.45, 2.75) is 80.0 Å². The molecule has 32 nitrogen and oxygen atoms in total. The van der Waals surface area contributed by atoms with Crippen LogP contribution in [0.25, 0.3) is 0 Å². The van der Waals surface area contributed by atoms with E-state index in [1.54, 1.807) is 136 Å². The van der Waals surface area contributed by atoms with Gasteiger partial charge < -0.3 is 21.7 Å². The summed E-state index contributed by atoms with van der Waals surface area (Å²) in [5.41, 5.74) is 15.1. The van der Waals surface area contributed by atoms with Gasteiger partial charge in [-0.15, -0.1) is 49.7 Å². The average Bonchev–Trinajstić information content (AvgIpc) is 1.36. The van der Waals surface area contributed by atoms with Gasteiger partial charge >= 0.3 is 0 Å². The Morgan fingerprint density at radius 3 is 1.02 bits per heavy atom. The van der Waals surface area contributed by atoms with Crippen molar-refractivity contribution in [1.82, 2.24) is 0 Å². The summed E-state index contributed by atoms with van der Waals surface area (Å²) in [6, 6.07) is 50.7. The van der Waals surface area contributed by atoms with Crippen LogP contribution in [0.4, 0.5) is 39.8 Å². The highest BCUT2D eigenvalue weighted by Crippen LogP contribution is 2.40. The second kappa shape index (κ2) is 43.1. The van der Waals surface area contributed by atoms with Gasteiger partial charge in [-0.05, 0) is 213 Å². The number of carbonyl (C=O) groups is 12. The van der Waals surface area contributed by atoms with Crippen LogP contribution in [0.2, 0.25) is 22.4 Å². The van der Waals surface area contributed by atoms with Crippen molar-refractivity contribution in [3.8, 4) is 0 Å². The largest absolute Gasteiger partial charge is 0.387 e. The average molecular weight is 2240 g/mol. The zero-order chi connectivity index (χ0) is 102. The van der Waals surface area contributed by atoms with Crippen molar-refractivity contribution in [2.24, 2.45) is 15.1 Å². The Hall–Kier alpha value is -12.0. The predicted molar refractivity (Wildman–Crippen MR) is 546 cm³/mol. The minimum atomic E-state index is -4.00. The Balaban J connectivity index is 0.000000150. The van der Waals surface area contributed by atoms with Gasteiger partial charge in [0.25, 0.3) is 33.7 Å². The Kier molecular flexibility index (Phi) is 32.0. The minimum absolute atomic E-state index is 0.0142. The van der Waals surface area contributed by atoms with Crippen LogP contribution in [0.3, 0.4) is 0 Å². The van der Waals surface area contributed by atoms with Crippen molar-refractivity contribution in [3.05, 3.63) is 299 Å². The first-order valence-electron chi connectivity index (χ1n) is 41.6. The number of ketones is 4. The second-order valence-corrected chi connectivity index (χ2v) is 50.4. The number of thiophene rings is 4. The van der Waals surface area contributed by atoms with Gasteiger partial charge in [0.1, 0.15) is 56.4 Å². The molecule has 8 aromatic carbocycles. The van der Waals surface area contributed by atoms with Crippen LogP contribution in [-0.2, 0) is 139 Å². The lowest BCUT2D eigenvalue weighted by Gasteiger charge is -2.28. The van der Waals surface area contributed by atoms with Gasteiger partial charge in [0.2, 0.25) is 23.6 Å². The number of rotatable bonds is 27. The van der Waals surface area contributed by atoms with E-state index in [4.69, 9.17) is 63.7 Å². The maximum Gasteiger partial charge on any atom is 0.286 e. The molecule has 5 aliphatic heterocycles. The number of aliphatic imine (C=N–C) groups is 1. The van der Waals surface area contributed by atoms with Crippen molar-refractivity contribution in [1.29, 1.82) is 0 Å². The first-order valence-corrected chi connectivity index (χ1v) is 55.6. The number of anilines is 7. The smallest absolute Gasteiger partial charge is 0.286 e. The van der Waals surface area contributed by atoms with Gasteiger partial charge in [-0.25, -0.2) is 53.3 Å². The lowest BCUT2D eigenvalue weighted by Crippen LogP contribution is -2.42. The first-order chi connectivity index (χ1) is 66.6. The molecule has 0 saturated carbocycles. The molecule has 5 N–H and O–H groups in total. The monoisotopic (exact) mass is 2240 g/mol. The summed E-state index contributed by atoms with van der Waals surface area (Å²) in [7, 11) is -14.1. The lowest BCUT2D eigenvalue weighted by molar-refractivity contribution is -0.118. The van der Waals surface area contributed by atoms with E-state index in [-0.39, 0.29) is 108 Å². The molecule has 12 aromatic rings. The first kappa shape index (κ1) is 105. The van der Waals surface area contributed by atoms with Gasteiger partial charge in [0.15, 0.2) is 62.5 Å². The molecule has 4 aromatic heterocycles. The zero-order valence-electron chi connectivity index (χ0n) is 73.7. The molecule has 0 unspecified atom stereocenters. The highest BCUT2D eigenvalue weighted by molar-refractivity contribution is 9.10. The number of carbonyl (C=O) groups excluding carboxylic acids is 12. The third-order valence-electron chi connectivity index (χ3n) is 21.9. The third-order valence-corrected chi connectivity index (χ3v) is 38.3. The van der Waals surface area contributed by atoms with E-state index in [2.05, 4.69) is 41.3 Å². The summed E-state index contributed by atoms with van der Waals surface area (Å²) in [5, 5.41) is 9.16. The Bertz CT molecular complexity index is 7710. The van der Waals surface area contributed by atoms with Crippen LogP contribution in [0.5, 0.6) is 0 Å². The van der Waals surface area contributed by atoms with Crippen LogP contribution in [0, 0.1) is 0 Å². The number of benzene rings is 8. The summed E-state index contributed by atoms with van der Waals surface area (Å²) >= 11 is 36.4. The van der Waals surface area contributed by atoms with Crippen molar-refractivity contribution in [2.75, 3.05) is 79.7 Å². The third kappa shape index (κ3) is 24.2. The normalized spacial score (nSPS) is 14.5. The summed E-state index contributed by atoms with van der Waals surface area (Å²) in [6.07, 6.45) is -0.457. The molecular weight excluding hydrogens is 2170 g/mol. The number of amides is 8. The SMILES string of the molecule is CC1=NS(=O)(=O)c2cc3c(cc2N1)CC(=O)N(c1ccc(CC(=O)CS(=O)(=O)c2ccc(Cl)s2)cc1)C3=O.CN=C(N)c1ccc2c(c1)CC(=O)N(c1ccc(CC(=O)CS(=O)(=O)c3ccc(Cl)s3)cc1)C2=O.CNc1cc2c(cc1Br)C(=O)N(c1ccc(CC(=O)CS(=O)(=O)c3ccc(Cl)s3)cc1)C(=O)C2.CNc1cc2c(cc1Cl)C(=O)N(c1ccc(CC(=O)CS(=O)(=O)c3ccc(Cl)s3)cc1)C(=O)C2. The van der Waals surface area contributed by atoms with Crippen molar-refractivity contribution in [3.63, 3.8) is 0 Å². The fraction of sp³-hybridized carbons (Fsp3) is 0.170. The highest BCUT2D eigenvalue weighted by Gasteiger charge is 2.40. The van der Waals surface area contributed by atoms with Gasteiger partial charge in [-0.3, -0.25) is 62.5 Å². The number of sulfonamides is 1. The van der Waals surface area contributed by atoms with Gasteiger partial charge in [0.05, 0.1) is 82.2 Å². The number of nitrogens with one attached hydrogen (secondary N) is 3. The van der Waals surface area contributed by atoms with Crippen molar-refractivity contribution < 1.29 is 99.6 Å². The Morgan fingerprint density at radius 2 is 0.709 bits per heavy atom. The topological polar surface area (TPSA) is 475 Å². The van der Waals surface area contributed by atoms with Crippen LogP contribution in [0.1, 0.15) is 98.4 Å². The number of imide groups is 4. The maximum atomic E-state index is 13.3. The number of amidine groups is 2. The number of Topliss-reactive ketones (excluding diaryl/α,β-unsaturated/α-hetero) is 4. The van der Waals surface area contributed by atoms with Crippen molar-refractivity contribution >= 4 is 291 Å². The number of sulfone groups is 4. The molecule has 9 heterocycles. The number of hydrogen-bond donors (Lipinski definition) is 4. The number of nitrogens with two attached hydrogens (primary N) is 1. The number of fused-ring (bicyclic) bond motifs is 5.